The third kappa shape index (κ3) is 4.01. The van der Waals surface area contributed by atoms with Gasteiger partial charge in [0.25, 0.3) is 5.91 Å². The van der Waals surface area contributed by atoms with Crippen LogP contribution in [-0.2, 0) is 9.59 Å². The Hall–Kier alpha value is -2.91. The summed E-state index contributed by atoms with van der Waals surface area (Å²) in [7, 11) is 0. The number of carboxylic acid groups (broad SMARTS) is 1. The summed E-state index contributed by atoms with van der Waals surface area (Å²) in [5, 5.41) is 10.7. The Bertz CT molecular complexity index is 919. The summed E-state index contributed by atoms with van der Waals surface area (Å²) in [5.74, 6) is -2.21. The molecule has 0 spiro atoms. The molecule has 1 amide bonds. The zero-order chi connectivity index (χ0) is 18.7. The van der Waals surface area contributed by atoms with E-state index in [1.54, 1.807) is 36.4 Å². The third-order valence-corrected chi connectivity index (χ3v) is 4.63. The zero-order valence-electron chi connectivity index (χ0n) is 13.0. The maximum absolute atomic E-state index is 12.2. The number of hydrogen-bond acceptors (Lipinski definition) is 8. The predicted octanol–water partition coefficient (Wildman–Crippen LogP) is 1.45. The first kappa shape index (κ1) is 17.9. The molecule has 0 radical (unpaired) electrons. The van der Waals surface area contributed by atoms with Gasteiger partial charge in [-0.2, -0.15) is 0 Å². The first-order chi connectivity index (χ1) is 12.4. The number of aliphatic carboxylic acids is 1. The van der Waals surface area contributed by atoms with Crippen LogP contribution < -0.4 is 9.84 Å². The van der Waals surface area contributed by atoms with E-state index in [9.17, 15) is 19.5 Å². The molecule has 0 atom stereocenters. The van der Waals surface area contributed by atoms with Crippen molar-refractivity contribution in [2.45, 2.75) is 0 Å². The van der Waals surface area contributed by atoms with Gasteiger partial charge in [0.15, 0.2) is 0 Å². The number of amides is 1. The van der Waals surface area contributed by atoms with Gasteiger partial charge in [-0.15, -0.1) is 0 Å². The van der Waals surface area contributed by atoms with Gasteiger partial charge in [-0.3, -0.25) is 9.69 Å². The Morgan fingerprint density at radius 1 is 1.31 bits per heavy atom. The first-order valence-electron chi connectivity index (χ1n) is 7.25. The molecule has 26 heavy (non-hydrogen) atoms. The van der Waals surface area contributed by atoms with Gasteiger partial charge in [-0.1, -0.05) is 36.1 Å². The number of rotatable bonds is 5. The molecule has 0 unspecified atom stereocenters. The van der Waals surface area contributed by atoms with E-state index >= 15 is 0 Å². The fraction of sp³-hybridized carbons (Fsp3) is 0.0588. The van der Waals surface area contributed by atoms with Crippen LogP contribution in [0.4, 0.5) is 0 Å². The molecule has 1 aromatic heterocycles. The summed E-state index contributed by atoms with van der Waals surface area (Å²) in [5.41, 5.74) is 0.587. The number of hydrogen-bond donors (Lipinski definition) is 0. The number of furan rings is 1. The predicted molar refractivity (Wildman–Crippen MR) is 95.0 cm³/mol. The number of nitrogens with zero attached hydrogens (tertiary/aromatic N) is 1. The van der Waals surface area contributed by atoms with Crippen LogP contribution in [0.1, 0.15) is 16.1 Å². The molecule has 1 aromatic carbocycles. The number of thiocarbonyl (C=S) groups is 1. The second-order valence-electron chi connectivity index (χ2n) is 5.08. The summed E-state index contributed by atoms with van der Waals surface area (Å²) < 4.78 is 10.3. The lowest BCUT2D eigenvalue weighted by atomic mass is 10.2. The molecule has 7 nitrogen and oxygen atoms in total. The summed E-state index contributed by atoms with van der Waals surface area (Å²) in [4.78, 5) is 36.1. The number of benzene rings is 1. The molecule has 1 fully saturated rings. The number of thioether (sulfide) groups is 1. The van der Waals surface area contributed by atoms with Crippen molar-refractivity contribution < 1.29 is 28.6 Å². The largest absolute Gasteiger partial charge is 0.548 e. The summed E-state index contributed by atoms with van der Waals surface area (Å²) in [6.07, 6.45) is 2.90. The minimum Gasteiger partial charge on any atom is -0.548 e. The minimum absolute atomic E-state index is 0.0681. The van der Waals surface area contributed by atoms with Crippen molar-refractivity contribution in [2.24, 2.45) is 0 Å². The van der Waals surface area contributed by atoms with Gasteiger partial charge in [-0.25, -0.2) is 4.79 Å². The third-order valence-electron chi connectivity index (χ3n) is 3.25. The highest BCUT2D eigenvalue weighted by atomic mass is 32.2. The molecule has 3 rings (SSSR count). The van der Waals surface area contributed by atoms with Gasteiger partial charge in [0.1, 0.15) is 10.1 Å². The fourth-order valence-corrected chi connectivity index (χ4v) is 3.39. The van der Waals surface area contributed by atoms with Crippen LogP contribution >= 0.6 is 24.0 Å². The average molecular weight is 388 g/mol. The molecule has 0 saturated carbocycles. The summed E-state index contributed by atoms with van der Waals surface area (Å²) in [6, 6.07) is 9.55. The highest BCUT2D eigenvalue weighted by Gasteiger charge is 2.31. The number of esters is 1. The molecule has 2 heterocycles. The van der Waals surface area contributed by atoms with Crippen LogP contribution in [0.15, 0.2) is 52.0 Å². The van der Waals surface area contributed by atoms with Crippen LogP contribution in [0.2, 0.25) is 0 Å². The first-order valence-corrected chi connectivity index (χ1v) is 8.47. The van der Waals surface area contributed by atoms with Crippen LogP contribution in [-0.4, -0.2) is 33.6 Å². The maximum Gasteiger partial charge on any atom is 0.379 e. The van der Waals surface area contributed by atoms with Gasteiger partial charge in [0, 0.05) is 0 Å². The van der Waals surface area contributed by atoms with Crippen LogP contribution in [0.5, 0.6) is 5.75 Å². The summed E-state index contributed by atoms with van der Waals surface area (Å²) >= 11 is 6.01. The van der Waals surface area contributed by atoms with Crippen LogP contribution in [0.3, 0.4) is 0 Å². The fourth-order valence-electron chi connectivity index (χ4n) is 2.14. The molecule has 0 bridgehead atoms. The van der Waals surface area contributed by atoms with Crippen molar-refractivity contribution in [2.75, 3.05) is 6.54 Å². The van der Waals surface area contributed by atoms with E-state index in [-0.39, 0.29) is 20.7 Å². The minimum atomic E-state index is -1.39. The van der Waals surface area contributed by atoms with Gasteiger partial charge in [0.05, 0.1) is 23.7 Å². The number of carbonyl (C=O) groups excluding carboxylic acids is 3. The molecule has 9 heteroatoms. The Morgan fingerprint density at radius 3 is 2.81 bits per heavy atom. The van der Waals surface area contributed by atoms with E-state index in [4.69, 9.17) is 21.4 Å². The molecular formula is C17H10NO6S2-. The SMILES string of the molecule is O=C([O-])CN1C(=O)/C(=C/c2cccc(OC(=O)c3ccco3)c2)SC1=S. The highest BCUT2D eigenvalue weighted by molar-refractivity contribution is 8.26. The lowest BCUT2D eigenvalue weighted by molar-refractivity contribution is -0.305. The normalized spacial score (nSPS) is 15.5. The van der Waals surface area contributed by atoms with Crippen LogP contribution in [0.25, 0.3) is 6.08 Å². The van der Waals surface area contributed by atoms with Crippen molar-refractivity contribution in [3.63, 3.8) is 0 Å². The van der Waals surface area contributed by atoms with Crippen molar-refractivity contribution in [1.82, 2.24) is 4.90 Å². The molecule has 0 aliphatic carbocycles. The smallest absolute Gasteiger partial charge is 0.379 e. The van der Waals surface area contributed by atoms with Crippen LogP contribution in [0, 0.1) is 0 Å². The molecule has 1 aliphatic heterocycles. The Morgan fingerprint density at radius 2 is 2.12 bits per heavy atom. The average Bonchev–Trinajstić information content (AvgIpc) is 3.20. The second-order valence-corrected chi connectivity index (χ2v) is 6.75. The Balaban J connectivity index is 1.77. The van der Waals surface area contributed by atoms with E-state index in [1.165, 1.54) is 12.3 Å². The van der Waals surface area contributed by atoms with E-state index in [1.807, 2.05) is 0 Å². The van der Waals surface area contributed by atoms with Crippen molar-refractivity contribution in [3.05, 3.63) is 58.9 Å². The number of carbonyl (C=O) groups is 3. The number of carboxylic acids is 1. The molecule has 1 saturated heterocycles. The monoisotopic (exact) mass is 388 g/mol. The van der Waals surface area contributed by atoms with E-state index in [0.717, 1.165) is 16.7 Å². The number of ether oxygens (including phenoxy) is 1. The topological polar surface area (TPSA) is 99.9 Å². The van der Waals surface area contributed by atoms with Crippen molar-refractivity contribution >= 4 is 52.2 Å². The summed E-state index contributed by atoms with van der Waals surface area (Å²) in [6.45, 7) is -0.594. The zero-order valence-corrected chi connectivity index (χ0v) is 14.7. The Labute approximate surface area is 157 Å². The Kier molecular flexibility index (Phi) is 5.19. The van der Waals surface area contributed by atoms with Crippen molar-refractivity contribution in [3.8, 4) is 5.75 Å². The lowest BCUT2D eigenvalue weighted by Crippen LogP contribution is -2.40. The molecule has 132 valence electrons. The maximum atomic E-state index is 12.2. The quantitative estimate of drug-likeness (QED) is 0.328. The highest BCUT2D eigenvalue weighted by Crippen LogP contribution is 2.32. The molecular weight excluding hydrogens is 378 g/mol. The van der Waals surface area contributed by atoms with Gasteiger partial charge < -0.3 is 19.1 Å². The van der Waals surface area contributed by atoms with E-state index in [0.29, 0.717) is 5.56 Å². The molecule has 1 aliphatic rings. The van der Waals surface area contributed by atoms with Gasteiger partial charge >= 0.3 is 5.97 Å². The van der Waals surface area contributed by atoms with Gasteiger partial charge in [-0.05, 0) is 35.9 Å². The molecule has 2 aromatic rings. The second kappa shape index (κ2) is 7.54. The van der Waals surface area contributed by atoms with Gasteiger partial charge in [0.2, 0.25) is 5.76 Å². The lowest BCUT2D eigenvalue weighted by Gasteiger charge is -2.14. The van der Waals surface area contributed by atoms with E-state index < -0.39 is 24.4 Å². The van der Waals surface area contributed by atoms with Crippen molar-refractivity contribution in [1.29, 1.82) is 0 Å². The standard InChI is InChI=1S/C17H11NO6S2/c19-14(20)9-18-15(21)13(26-17(18)25)8-10-3-1-4-11(7-10)24-16(22)12-5-2-6-23-12/h1-8H,9H2,(H,19,20)/p-1/b13-8-. The van der Waals surface area contributed by atoms with E-state index in [2.05, 4.69) is 0 Å². The molecule has 0 N–H and O–H groups in total.